The van der Waals surface area contributed by atoms with Crippen molar-refractivity contribution in [2.45, 2.75) is 178 Å². The molecule has 5 atom stereocenters. The molecule has 2 aliphatic heterocycles. The Morgan fingerprint density at radius 1 is 0.818 bits per heavy atom. The molecule has 10 heteroatoms. The van der Waals surface area contributed by atoms with Crippen LogP contribution in [0.3, 0.4) is 0 Å². The molecule has 0 spiro atoms. The molecule has 2 fully saturated rings. The van der Waals surface area contributed by atoms with Gasteiger partial charge in [0.25, 0.3) is 0 Å². The first-order valence-corrected chi connectivity index (χ1v) is 19.0. The summed E-state index contributed by atoms with van der Waals surface area (Å²) in [5.74, 6) is 0.885. The minimum Gasteiger partial charge on any atom is -0.394 e. The Morgan fingerprint density at radius 2 is 1.41 bits per heavy atom. The van der Waals surface area contributed by atoms with Crippen molar-refractivity contribution >= 4 is 29.6 Å². The Bertz CT molecular complexity index is 789. The molecule has 44 heavy (non-hydrogen) atoms. The first-order valence-electron chi connectivity index (χ1n) is 18.0. The van der Waals surface area contributed by atoms with E-state index in [2.05, 4.69) is 28.2 Å². The Balaban J connectivity index is 1.37. The summed E-state index contributed by atoms with van der Waals surface area (Å²) in [6, 6.07) is -0.208. The first-order chi connectivity index (χ1) is 21.4. The molecule has 0 aromatic rings. The van der Waals surface area contributed by atoms with E-state index in [1.165, 1.54) is 70.6 Å². The normalized spacial score (nSPS) is 20.5. The number of aliphatic hydroxyl groups excluding tert-OH is 2. The number of carbonyl (C=O) groups excluding carboxylic acids is 3. The molecule has 0 aromatic heterocycles. The van der Waals surface area contributed by atoms with Crippen molar-refractivity contribution in [3.8, 4) is 0 Å². The van der Waals surface area contributed by atoms with E-state index >= 15 is 0 Å². The van der Waals surface area contributed by atoms with Crippen LogP contribution in [0.2, 0.25) is 0 Å². The van der Waals surface area contributed by atoms with Crippen LogP contribution < -0.4 is 21.3 Å². The maximum absolute atomic E-state index is 12.3. The molecule has 2 heterocycles. The quantitative estimate of drug-likeness (QED) is 0.0479. The summed E-state index contributed by atoms with van der Waals surface area (Å²) in [4.78, 5) is 36.0. The van der Waals surface area contributed by atoms with Gasteiger partial charge in [-0.2, -0.15) is 11.8 Å². The van der Waals surface area contributed by atoms with Crippen LogP contribution >= 0.6 is 11.8 Å². The predicted octanol–water partition coefficient (Wildman–Crippen LogP) is 5.71. The zero-order valence-electron chi connectivity index (χ0n) is 27.6. The van der Waals surface area contributed by atoms with Crippen molar-refractivity contribution in [1.29, 1.82) is 0 Å². The molecular weight excluding hydrogens is 576 g/mol. The smallest absolute Gasteiger partial charge is 0.315 e. The van der Waals surface area contributed by atoms with Gasteiger partial charge in [-0.1, -0.05) is 103 Å². The maximum Gasteiger partial charge on any atom is 0.315 e. The van der Waals surface area contributed by atoms with E-state index in [-0.39, 0.29) is 36.5 Å². The van der Waals surface area contributed by atoms with Crippen molar-refractivity contribution in [3.63, 3.8) is 0 Å². The number of carbonyl (C=O) groups is 3. The monoisotopic (exact) mass is 640 g/mol. The lowest BCUT2D eigenvalue weighted by Gasteiger charge is -2.22. The molecule has 0 radical (unpaired) electrons. The molecule has 256 valence electrons. The molecule has 0 aliphatic carbocycles. The average molecular weight is 641 g/mol. The van der Waals surface area contributed by atoms with Crippen molar-refractivity contribution in [2.75, 3.05) is 18.9 Å². The van der Waals surface area contributed by atoms with Crippen molar-refractivity contribution in [1.82, 2.24) is 21.3 Å². The largest absolute Gasteiger partial charge is 0.394 e. The highest BCUT2D eigenvalue weighted by Crippen LogP contribution is 2.33. The van der Waals surface area contributed by atoms with Gasteiger partial charge in [0.15, 0.2) is 0 Å². The van der Waals surface area contributed by atoms with Crippen LogP contribution in [-0.4, -0.2) is 76.4 Å². The number of hydrogen-bond acceptors (Lipinski definition) is 6. The number of amides is 4. The molecule has 4 amide bonds. The standard InChI is InChI=1S/C34H64N4O5S/c1-2-3-4-5-6-7-8-9-10-11-12-13-15-20-29(40)27(25-39)36-32(42)23-16-14-19-24-35-31(41)22-18-17-21-30-33-28(26-44-30)37-34(43)38-33/h27-30,33,39-40H,2-26H2,1H3,(H,35,41)(H,36,42)(H2,37,38,43). The van der Waals surface area contributed by atoms with Crippen LogP contribution in [0.1, 0.15) is 148 Å². The molecule has 6 N–H and O–H groups in total. The topological polar surface area (TPSA) is 140 Å². The number of nitrogens with one attached hydrogen (secondary N) is 4. The van der Waals surface area contributed by atoms with Crippen molar-refractivity contribution in [3.05, 3.63) is 0 Å². The SMILES string of the molecule is CCCCCCCCCCCCCCCC(O)C(CO)NC(=O)CCCCCNC(=O)CCCCC1SCC2NC(=O)NC21. The maximum atomic E-state index is 12.3. The molecule has 9 nitrogen and oxygen atoms in total. The van der Waals surface area contributed by atoms with E-state index < -0.39 is 12.1 Å². The minimum absolute atomic E-state index is 0.0612. The van der Waals surface area contributed by atoms with E-state index in [4.69, 9.17) is 0 Å². The fraction of sp³-hybridized carbons (Fsp3) is 0.912. The summed E-state index contributed by atoms with van der Waals surface area (Å²) in [6.45, 7) is 2.61. The second kappa shape index (κ2) is 24.7. The third-order valence-corrected chi connectivity index (χ3v) is 10.6. The lowest BCUT2D eigenvalue weighted by Crippen LogP contribution is -2.45. The van der Waals surface area contributed by atoms with Gasteiger partial charge in [0.2, 0.25) is 11.8 Å². The van der Waals surface area contributed by atoms with Crippen LogP contribution in [0.5, 0.6) is 0 Å². The van der Waals surface area contributed by atoms with Crippen LogP contribution in [0.25, 0.3) is 0 Å². The van der Waals surface area contributed by atoms with Crippen molar-refractivity contribution in [2.24, 2.45) is 0 Å². The van der Waals surface area contributed by atoms with Gasteiger partial charge in [-0.25, -0.2) is 4.79 Å². The molecule has 0 aromatic carbocycles. The number of aliphatic hydroxyl groups is 2. The second-order valence-electron chi connectivity index (χ2n) is 13.0. The fourth-order valence-electron chi connectivity index (χ4n) is 6.29. The summed E-state index contributed by atoms with van der Waals surface area (Å²) in [6.07, 6.45) is 22.5. The van der Waals surface area contributed by atoms with Gasteiger partial charge >= 0.3 is 6.03 Å². The highest BCUT2D eigenvalue weighted by atomic mass is 32.2. The molecular formula is C34H64N4O5S. The van der Waals surface area contributed by atoms with Crippen LogP contribution in [-0.2, 0) is 9.59 Å². The molecule has 5 unspecified atom stereocenters. The van der Waals surface area contributed by atoms with Gasteiger partial charge in [-0.15, -0.1) is 0 Å². The Hall–Kier alpha value is -1.52. The lowest BCUT2D eigenvalue weighted by atomic mass is 10.0. The lowest BCUT2D eigenvalue weighted by molar-refractivity contribution is -0.123. The van der Waals surface area contributed by atoms with Gasteiger partial charge in [-0.05, 0) is 32.1 Å². The second-order valence-corrected chi connectivity index (χ2v) is 14.3. The van der Waals surface area contributed by atoms with Gasteiger partial charge in [-0.3, -0.25) is 9.59 Å². The predicted molar refractivity (Wildman–Crippen MR) is 181 cm³/mol. The Labute approximate surface area is 271 Å². The third kappa shape index (κ3) is 17.2. The van der Waals surface area contributed by atoms with E-state index in [0.29, 0.717) is 37.5 Å². The summed E-state index contributed by atoms with van der Waals surface area (Å²) in [7, 11) is 0. The zero-order valence-corrected chi connectivity index (χ0v) is 28.4. The molecule has 2 rings (SSSR count). The van der Waals surface area contributed by atoms with Crippen LogP contribution in [0.15, 0.2) is 0 Å². The van der Waals surface area contributed by atoms with Gasteiger partial charge < -0.3 is 31.5 Å². The molecule has 0 bridgehead atoms. The van der Waals surface area contributed by atoms with Gasteiger partial charge in [0.05, 0.1) is 30.8 Å². The van der Waals surface area contributed by atoms with Gasteiger partial charge in [0.1, 0.15) is 0 Å². The Kier molecular flexibility index (Phi) is 21.7. The summed E-state index contributed by atoms with van der Waals surface area (Å²) in [5, 5.41) is 32.3. The number of hydrogen-bond donors (Lipinski definition) is 6. The number of thioether (sulfide) groups is 1. The number of rotatable bonds is 28. The number of urea groups is 1. The van der Waals surface area contributed by atoms with E-state index in [1.54, 1.807) is 0 Å². The first kappa shape index (κ1) is 38.7. The minimum atomic E-state index is -0.721. The third-order valence-electron chi connectivity index (χ3n) is 9.09. The fourth-order valence-corrected chi connectivity index (χ4v) is 7.84. The van der Waals surface area contributed by atoms with Crippen LogP contribution in [0.4, 0.5) is 4.79 Å². The number of unbranched alkanes of at least 4 members (excludes halogenated alkanes) is 15. The average Bonchev–Trinajstić information content (AvgIpc) is 3.57. The van der Waals surface area contributed by atoms with E-state index in [0.717, 1.165) is 50.7 Å². The summed E-state index contributed by atoms with van der Waals surface area (Å²) in [5.41, 5.74) is 0. The highest BCUT2D eigenvalue weighted by molar-refractivity contribution is 8.00. The van der Waals surface area contributed by atoms with Gasteiger partial charge in [0, 0.05) is 30.4 Å². The Morgan fingerprint density at radius 3 is 2.07 bits per heavy atom. The zero-order chi connectivity index (χ0) is 31.8. The summed E-state index contributed by atoms with van der Waals surface area (Å²) < 4.78 is 0. The van der Waals surface area contributed by atoms with Crippen LogP contribution in [0, 0.1) is 0 Å². The number of fused-ring (bicyclic) bond motifs is 1. The highest BCUT2D eigenvalue weighted by Gasteiger charge is 2.42. The van der Waals surface area contributed by atoms with E-state index in [1.807, 2.05) is 11.8 Å². The molecule has 2 aliphatic rings. The molecule has 0 saturated carbocycles. The van der Waals surface area contributed by atoms with Crippen molar-refractivity contribution < 1.29 is 24.6 Å². The molecule has 2 saturated heterocycles. The van der Waals surface area contributed by atoms with E-state index in [9.17, 15) is 24.6 Å². The summed E-state index contributed by atoms with van der Waals surface area (Å²) >= 11 is 1.90.